The van der Waals surface area contributed by atoms with Crippen LogP contribution in [0, 0.1) is 11.8 Å². The first-order valence-corrected chi connectivity index (χ1v) is 19.3. The molecule has 2 heterocycles. The van der Waals surface area contributed by atoms with Crippen LogP contribution in [0.15, 0.2) is 173 Å². The lowest BCUT2D eigenvalue weighted by Gasteiger charge is -2.36. The third kappa shape index (κ3) is 5.24. The molecule has 51 heavy (non-hydrogen) atoms. The highest BCUT2D eigenvalue weighted by atomic mass is 16.5. The molecule has 0 aromatic heterocycles. The van der Waals surface area contributed by atoms with Crippen LogP contribution in [0.4, 0.5) is 11.4 Å². The molecule has 3 heteroatoms. The molecule has 6 atom stereocenters. The Morgan fingerprint density at radius 2 is 1.55 bits per heavy atom. The minimum absolute atomic E-state index is 0.0883. The fourth-order valence-corrected chi connectivity index (χ4v) is 10.0. The number of fused-ring (bicyclic) bond motifs is 6. The molecule has 2 aromatic carbocycles. The Hall–Kier alpha value is -5.02. The van der Waals surface area contributed by atoms with Gasteiger partial charge in [0.2, 0.25) is 0 Å². The van der Waals surface area contributed by atoms with Crippen molar-refractivity contribution in [1.82, 2.24) is 5.32 Å². The molecular formula is C48H46N2O. The van der Waals surface area contributed by atoms with Gasteiger partial charge in [0, 0.05) is 40.7 Å². The van der Waals surface area contributed by atoms with Crippen molar-refractivity contribution in [3.63, 3.8) is 0 Å². The van der Waals surface area contributed by atoms with Gasteiger partial charge in [0.15, 0.2) is 0 Å². The van der Waals surface area contributed by atoms with Crippen molar-refractivity contribution in [3.8, 4) is 0 Å². The first-order valence-electron chi connectivity index (χ1n) is 19.3. The predicted molar refractivity (Wildman–Crippen MR) is 210 cm³/mol. The lowest BCUT2D eigenvalue weighted by Crippen LogP contribution is -2.39. The molecule has 1 N–H and O–H groups in total. The van der Waals surface area contributed by atoms with Gasteiger partial charge < -0.3 is 15.0 Å². The predicted octanol–water partition coefficient (Wildman–Crippen LogP) is 11.2. The topological polar surface area (TPSA) is 24.5 Å². The van der Waals surface area contributed by atoms with E-state index in [0.717, 1.165) is 57.1 Å². The van der Waals surface area contributed by atoms with E-state index in [0.29, 0.717) is 23.8 Å². The van der Waals surface area contributed by atoms with Crippen LogP contribution in [0.25, 0.3) is 5.57 Å². The summed E-state index contributed by atoms with van der Waals surface area (Å²) in [5.41, 5.74) is 14.1. The zero-order chi connectivity index (χ0) is 33.7. The maximum atomic E-state index is 6.88. The molecule has 2 aromatic rings. The third-order valence-corrected chi connectivity index (χ3v) is 12.3. The van der Waals surface area contributed by atoms with Crippen LogP contribution in [0.2, 0.25) is 0 Å². The molecule has 3 nitrogen and oxygen atoms in total. The third-order valence-electron chi connectivity index (χ3n) is 12.3. The smallest absolute Gasteiger partial charge is 0.143 e. The van der Waals surface area contributed by atoms with E-state index >= 15 is 0 Å². The zero-order valence-electron chi connectivity index (χ0n) is 29.3. The summed E-state index contributed by atoms with van der Waals surface area (Å²) < 4.78 is 6.88. The average molecular weight is 667 g/mol. The molecule has 0 radical (unpaired) electrons. The molecule has 8 aliphatic rings. The highest BCUT2D eigenvalue weighted by Gasteiger charge is 2.43. The number of benzene rings is 2. The van der Waals surface area contributed by atoms with E-state index in [4.69, 9.17) is 4.74 Å². The van der Waals surface area contributed by atoms with E-state index in [2.05, 4.69) is 150 Å². The Balaban J connectivity index is 1.01. The van der Waals surface area contributed by atoms with Gasteiger partial charge in [0.25, 0.3) is 0 Å². The van der Waals surface area contributed by atoms with Crippen molar-refractivity contribution in [1.29, 1.82) is 0 Å². The minimum Gasteiger partial charge on any atom is -0.483 e. The van der Waals surface area contributed by atoms with Gasteiger partial charge in [0.1, 0.15) is 11.9 Å². The first kappa shape index (κ1) is 30.8. The lowest BCUT2D eigenvalue weighted by atomic mass is 9.74. The van der Waals surface area contributed by atoms with Crippen LogP contribution in [0.5, 0.6) is 0 Å². The number of hydrogen-bond donors (Lipinski definition) is 1. The maximum absolute atomic E-state index is 6.88. The summed E-state index contributed by atoms with van der Waals surface area (Å²) in [6.45, 7) is 0. The number of nitrogens with one attached hydrogen (secondary N) is 1. The van der Waals surface area contributed by atoms with Gasteiger partial charge in [-0.15, -0.1) is 0 Å². The van der Waals surface area contributed by atoms with Gasteiger partial charge in [-0.1, -0.05) is 115 Å². The number of allylic oxidation sites excluding steroid dienone is 15. The van der Waals surface area contributed by atoms with Crippen LogP contribution < -0.4 is 10.2 Å². The summed E-state index contributed by atoms with van der Waals surface area (Å²) in [6, 6.07) is 18.5. The second kappa shape index (κ2) is 12.9. The highest BCUT2D eigenvalue weighted by Crippen LogP contribution is 2.53. The van der Waals surface area contributed by atoms with E-state index in [1.54, 1.807) is 0 Å². The van der Waals surface area contributed by atoms with Gasteiger partial charge in [-0.3, -0.25) is 0 Å². The largest absolute Gasteiger partial charge is 0.483 e. The molecular weight excluding hydrogens is 621 g/mol. The summed E-state index contributed by atoms with van der Waals surface area (Å²) in [4.78, 5) is 2.56. The summed E-state index contributed by atoms with van der Waals surface area (Å²) in [6.07, 6.45) is 44.0. The van der Waals surface area contributed by atoms with Crippen LogP contribution in [0.3, 0.4) is 0 Å². The zero-order valence-corrected chi connectivity index (χ0v) is 29.3. The van der Waals surface area contributed by atoms with E-state index in [1.807, 2.05) is 0 Å². The second-order valence-corrected chi connectivity index (χ2v) is 15.1. The molecule has 1 fully saturated rings. The van der Waals surface area contributed by atoms with E-state index in [-0.39, 0.29) is 12.1 Å². The van der Waals surface area contributed by atoms with Crippen molar-refractivity contribution in [3.05, 3.63) is 185 Å². The first-order chi connectivity index (χ1) is 25.3. The second-order valence-electron chi connectivity index (χ2n) is 15.1. The highest BCUT2D eigenvalue weighted by molar-refractivity contribution is 5.89. The number of para-hydroxylation sites is 1. The van der Waals surface area contributed by atoms with Crippen molar-refractivity contribution in [2.75, 3.05) is 4.90 Å². The van der Waals surface area contributed by atoms with Gasteiger partial charge >= 0.3 is 0 Å². The summed E-state index contributed by atoms with van der Waals surface area (Å²) in [7, 11) is 0. The van der Waals surface area contributed by atoms with Crippen LogP contribution >= 0.6 is 0 Å². The number of hydrogen-bond acceptors (Lipinski definition) is 3. The van der Waals surface area contributed by atoms with Crippen LogP contribution in [-0.2, 0) is 4.74 Å². The molecule has 0 amide bonds. The molecule has 0 saturated carbocycles. The molecule has 0 spiro atoms. The van der Waals surface area contributed by atoms with Gasteiger partial charge in [-0.2, -0.15) is 0 Å². The van der Waals surface area contributed by atoms with Crippen molar-refractivity contribution < 1.29 is 4.74 Å². The Bertz CT molecular complexity index is 2090. The Labute approximate surface area is 302 Å². The Morgan fingerprint density at radius 3 is 2.45 bits per heavy atom. The Morgan fingerprint density at radius 1 is 0.686 bits per heavy atom. The quantitative estimate of drug-likeness (QED) is 0.311. The van der Waals surface area contributed by atoms with Crippen molar-refractivity contribution in [2.24, 2.45) is 11.8 Å². The molecule has 10 rings (SSSR count). The van der Waals surface area contributed by atoms with Crippen molar-refractivity contribution >= 4 is 16.9 Å². The van der Waals surface area contributed by atoms with Crippen molar-refractivity contribution in [2.45, 2.75) is 75.5 Å². The molecule has 254 valence electrons. The van der Waals surface area contributed by atoms with Gasteiger partial charge in [-0.25, -0.2) is 0 Å². The van der Waals surface area contributed by atoms with Gasteiger partial charge in [0.05, 0.1) is 11.7 Å². The maximum Gasteiger partial charge on any atom is 0.143 e. The molecule has 6 unspecified atom stereocenters. The van der Waals surface area contributed by atoms with Gasteiger partial charge in [-0.05, 0) is 109 Å². The molecule has 6 aliphatic carbocycles. The fourth-order valence-electron chi connectivity index (χ4n) is 10.0. The summed E-state index contributed by atoms with van der Waals surface area (Å²) in [5.74, 6) is 2.03. The van der Waals surface area contributed by atoms with E-state index < -0.39 is 0 Å². The summed E-state index contributed by atoms with van der Waals surface area (Å²) >= 11 is 0. The fraction of sp³-hybridized carbons (Fsp3) is 0.292. The monoisotopic (exact) mass is 666 g/mol. The van der Waals surface area contributed by atoms with Crippen LogP contribution in [-0.4, -0.2) is 18.2 Å². The normalized spacial score (nSPS) is 30.0. The number of ether oxygens (including phenoxy) is 1. The van der Waals surface area contributed by atoms with E-state index in [9.17, 15) is 0 Å². The molecule has 0 bridgehead atoms. The number of rotatable bonds is 6. The SMILES string of the molecule is C1=CCCC(C2=C3C(=C(NC4CCC=CC4C4=CCCC=C4c4cccc5c4C4C=CC=CC4N5c4ccccc4)CC2)OC2C=CC=CC32)=C1. The summed E-state index contributed by atoms with van der Waals surface area (Å²) in [5, 5.41) is 4.20. The molecule has 2 aliphatic heterocycles. The Kier molecular flexibility index (Phi) is 7.81. The lowest BCUT2D eigenvalue weighted by molar-refractivity contribution is 0.179. The van der Waals surface area contributed by atoms with E-state index in [1.165, 1.54) is 56.1 Å². The van der Waals surface area contributed by atoms with Crippen LogP contribution in [0.1, 0.15) is 68.4 Å². The molecule has 1 saturated heterocycles. The average Bonchev–Trinajstić information content (AvgIpc) is 3.76. The minimum atomic E-state index is 0.0883. The number of anilines is 2. The number of nitrogens with zero attached hydrogens (tertiary/aromatic N) is 1. The standard InChI is InChI=1S/C48H46N2O/c1-3-16-32(17-4-1)34-30-31-42(48-47(34)40-24-11-14-29-45(40)51-48)49-41-26-12-9-22-37(41)35-20-7-8-21-36(35)38-25-15-28-44-46(38)39-23-10-13-27-43(39)50(44)33-18-5-2-6-19-33/h1-3,5-6,9-11,13-16,18-25,27-29,37,39-41,43,45,49H,4,7-8,12,17,26,30-31H2.